The predicted molar refractivity (Wildman–Crippen MR) is 70.3 cm³/mol. The summed E-state index contributed by atoms with van der Waals surface area (Å²) >= 11 is 0. The Morgan fingerprint density at radius 3 is 2.37 bits per heavy atom. The Bertz CT molecular complexity index is 666. The van der Waals surface area contributed by atoms with Gasteiger partial charge in [-0.05, 0) is 24.3 Å². The molecule has 5 heteroatoms. The fraction of sp³-hybridized carbons (Fsp3) is 0.143. The molecule has 2 aromatic heterocycles. The molecule has 3 aromatic rings. The molecule has 0 fully saturated rings. The van der Waals surface area contributed by atoms with Crippen molar-refractivity contribution >= 4 is 11.2 Å². The van der Waals surface area contributed by atoms with Gasteiger partial charge in [0.2, 0.25) is 5.89 Å². The van der Waals surface area contributed by atoms with Gasteiger partial charge in [0, 0.05) is 6.20 Å². The van der Waals surface area contributed by atoms with E-state index in [1.807, 2.05) is 24.3 Å². The van der Waals surface area contributed by atoms with Crippen molar-refractivity contribution in [2.75, 3.05) is 14.2 Å². The molecule has 0 radical (unpaired) electrons. The van der Waals surface area contributed by atoms with E-state index in [-0.39, 0.29) is 0 Å². The average molecular weight is 256 g/mol. The monoisotopic (exact) mass is 256 g/mol. The SMILES string of the molecule is COc1cccc(OC)c1-c1nc2ncccc2o1. The number of aromatic nitrogens is 2. The highest BCUT2D eigenvalue weighted by Crippen LogP contribution is 2.38. The van der Waals surface area contributed by atoms with Crippen LogP contribution in [0.4, 0.5) is 0 Å². The zero-order valence-electron chi connectivity index (χ0n) is 10.6. The van der Waals surface area contributed by atoms with Crippen LogP contribution in [0.2, 0.25) is 0 Å². The second-order valence-electron chi connectivity index (χ2n) is 3.88. The van der Waals surface area contributed by atoms with Gasteiger partial charge in [0.1, 0.15) is 17.1 Å². The molecule has 0 aliphatic carbocycles. The first-order valence-electron chi connectivity index (χ1n) is 5.76. The minimum absolute atomic E-state index is 0.433. The molecule has 0 saturated heterocycles. The largest absolute Gasteiger partial charge is 0.496 e. The first-order valence-corrected chi connectivity index (χ1v) is 5.76. The number of oxazole rings is 1. The van der Waals surface area contributed by atoms with Crippen LogP contribution >= 0.6 is 0 Å². The van der Waals surface area contributed by atoms with Crippen LogP contribution in [0, 0.1) is 0 Å². The lowest BCUT2D eigenvalue weighted by atomic mass is 10.1. The van der Waals surface area contributed by atoms with Gasteiger partial charge in [0.05, 0.1) is 14.2 Å². The fourth-order valence-corrected chi connectivity index (χ4v) is 1.94. The third-order valence-electron chi connectivity index (χ3n) is 2.81. The first-order chi connectivity index (χ1) is 9.33. The molecule has 5 nitrogen and oxygen atoms in total. The normalized spacial score (nSPS) is 10.6. The molecular weight excluding hydrogens is 244 g/mol. The Labute approximate surface area is 109 Å². The number of rotatable bonds is 3. The van der Waals surface area contributed by atoms with Gasteiger partial charge in [-0.3, -0.25) is 0 Å². The third kappa shape index (κ3) is 1.89. The number of ether oxygens (including phenoxy) is 2. The molecule has 0 saturated carbocycles. The van der Waals surface area contributed by atoms with Gasteiger partial charge in [-0.1, -0.05) is 6.07 Å². The highest BCUT2D eigenvalue weighted by atomic mass is 16.5. The lowest BCUT2D eigenvalue weighted by molar-refractivity contribution is 0.394. The maximum atomic E-state index is 5.71. The van der Waals surface area contributed by atoms with E-state index in [1.165, 1.54) is 0 Å². The van der Waals surface area contributed by atoms with Crippen molar-refractivity contribution in [2.45, 2.75) is 0 Å². The van der Waals surface area contributed by atoms with Gasteiger partial charge < -0.3 is 13.9 Å². The molecule has 2 heterocycles. The predicted octanol–water partition coefficient (Wildman–Crippen LogP) is 2.91. The second-order valence-corrected chi connectivity index (χ2v) is 3.88. The maximum absolute atomic E-state index is 5.71. The van der Waals surface area contributed by atoms with Crippen molar-refractivity contribution in [3.05, 3.63) is 36.5 Å². The molecule has 0 spiro atoms. The van der Waals surface area contributed by atoms with Crippen molar-refractivity contribution in [3.8, 4) is 23.0 Å². The Morgan fingerprint density at radius 1 is 1.00 bits per heavy atom. The molecular formula is C14H12N2O3. The molecule has 0 aliphatic heterocycles. The quantitative estimate of drug-likeness (QED) is 0.721. The van der Waals surface area contributed by atoms with Gasteiger partial charge in [-0.15, -0.1) is 0 Å². The summed E-state index contributed by atoms with van der Waals surface area (Å²) in [6, 6.07) is 9.14. The maximum Gasteiger partial charge on any atom is 0.236 e. The molecule has 19 heavy (non-hydrogen) atoms. The van der Waals surface area contributed by atoms with Crippen molar-refractivity contribution in [1.82, 2.24) is 9.97 Å². The summed E-state index contributed by atoms with van der Waals surface area (Å²) in [7, 11) is 3.19. The number of pyridine rings is 1. The van der Waals surface area contributed by atoms with Crippen molar-refractivity contribution in [2.24, 2.45) is 0 Å². The lowest BCUT2D eigenvalue weighted by Crippen LogP contribution is -1.92. The van der Waals surface area contributed by atoms with Crippen molar-refractivity contribution in [1.29, 1.82) is 0 Å². The highest BCUT2D eigenvalue weighted by molar-refractivity contribution is 5.77. The summed E-state index contributed by atoms with van der Waals surface area (Å²) < 4.78 is 16.4. The summed E-state index contributed by atoms with van der Waals surface area (Å²) in [6.45, 7) is 0. The summed E-state index contributed by atoms with van der Waals surface area (Å²) in [5, 5.41) is 0. The number of hydrogen-bond acceptors (Lipinski definition) is 5. The summed E-state index contributed by atoms with van der Waals surface area (Å²) in [5.74, 6) is 1.72. The second kappa shape index (κ2) is 4.61. The smallest absolute Gasteiger partial charge is 0.236 e. The third-order valence-corrected chi connectivity index (χ3v) is 2.81. The van der Waals surface area contributed by atoms with E-state index >= 15 is 0 Å². The molecule has 0 unspecified atom stereocenters. The number of fused-ring (bicyclic) bond motifs is 1. The zero-order chi connectivity index (χ0) is 13.2. The lowest BCUT2D eigenvalue weighted by Gasteiger charge is -2.09. The molecule has 96 valence electrons. The van der Waals surface area contributed by atoms with Crippen LogP contribution < -0.4 is 9.47 Å². The van der Waals surface area contributed by atoms with E-state index in [0.717, 1.165) is 0 Å². The molecule has 0 bridgehead atoms. The van der Waals surface area contributed by atoms with Gasteiger partial charge in [-0.25, -0.2) is 4.98 Å². The van der Waals surface area contributed by atoms with Crippen LogP contribution in [-0.2, 0) is 0 Å². The van der Waals surface area contributed by atoms with Gasteiger partial charge in [-0.2, -0.15) is 4.98 Å². The topological polar surface area (TPSA) is 57.4 Å². The minimum atomic E-state index is 0.433. The Hall–Kier alpha value is -2.56. The van der Waals surface area contributed by atoms with Crippen LogP contribution in [-0.4, -0.2) is 24.2 Å². The number of methoxy groups -OCH3 is 2. The standard InChI is InChI=1S/C14H12N2O3/c1-17-9-5-3-6-10(18-2)12(9)14-16-13-11(19-14)7-4-8-15-13/h3-8H,1-2H3. The number of benzene rings is 1. The molecule has 0 atom stereocenters. The minimum Gasteiger partial charge on any atom is -0.496 e. The highest BCUT2D eigenvalue weighted by Gasteiger charge is 2.18. The summed E-state index contributed by atoms with van der Waals surface area (Å²) in [4.78, 5) is 8.51. The summed E-state index contributed by atoms with van der Waals surface area (Å²) in [5.41, 5.74) is 1.88. The first kappa shape index (κ1) is 11.5. The zero-order valence-corrected chi connectivity index (χ0v) is 10.6. The molecule has 1 aromatic carbocycles. The Balaban J connectivity index is 2.25. The molecule has 0 amide bonds. The van der Waals surface area contributed by atoms with Gasteiger partial charge >= 0.3 is 0 Å². The molecule has 0 aliphatic rings. The molecule has 3 rings (SSSR count). The Morgan fingerprint density at radius 2 is 1.74 bits per heavy atom. The van der Waals surface area contributed by atoms with Crippen LogP contribution in [0.1, 0.15) is 0 Å². The summed E-state index contributed by atoms with van der Waals surface area (Å²) in [6.07, 6.45) is 1.67. The van der Waals surface area contributed by atoms with E-state index < -0.39 is 0 Å². The molecule has 0 N–H and O–H groups in total. The van der Waals surface area contributed by atoms with Crippen LogP contribution in [0.25, 0.3) is 22.7 Å². The van der Waals surface area contributed by atoms with Crippen LogP contribution in [0.15, 0.2) is 40.9 Å². The van der Waals surface area contributed by atoms with E-state index in [9.17, 15) is 0 Å². The van der Waals surface area contributed by atoms with E-state index in [4.69, 9.17) is 13.9 Å². The fourth-order valence-electron chi connectivity index (χ4n) is 1.94. The van der Waals surface area contributed by atoms with E-state index in [2.05, 4.69) is 9.97 Å². The van der Waals surface area contributed by atoms with Crippen molar-refractivity contribution in [3.63, 3.8) is 0 Å². The van der Waals surface area contributed by atoms with Crippen LogP contribution in [0.5, 0.6) is 11.5 Å². The van der Waals surface area contributed by atoms with E-state index in [1.54, 1.807) is 26.5 Å². The number of hydrogen-bond donors (Lipinski definition) is 0. The van der Waals surface area contributed by atoms with Gasteiger partial charge in [0.25, 0.3) is 0 Å². The van der Waals surface area contributed by atoms with Gasteiger partial charge in [0.15, 0.2) is 11.2 Å². The average Bonchev–Trinajstić information content (AvgIpc) is 2.89. The van der Waals surface area contributed by atoms with Crippen LogP contribution in [0.3, 0.4) is 0 Å². The van der Waals surface area contributed by atoms with Crippen molar-refractivity contribution < 1.29 is 13.9 Å². The number of nitrogens with zero attached hydrogens (tertiary/aromatic N) is 2. The Kier molecular flexibility index (Phi) is 2.79. The van der Waals surface area contributed by atoms with E-state index in [0.29, 0.717) is 34.2 Å².